The van der Waals surface area contributed by atoms with Crippen molar-refractivity contribution in [1.82, 2.24) is 4.90 Å². The standard InChI is InChI=1S/C20H22N2O5/c1-10(23)8-14(24)22-17(25)16-12(19(22,2)3)9-11-6-5-7-13-15(11)20(16,27)18(26)21(13)4/h5-7,12,16,27H,8-9H2,1-4H3/t12-,16+,20+/m1/s1. The van der Waals surface area contributed by atoms with Crippen molar-refractivity contribution in [2.75, 3.05) is 11.9 Å². The van der Waals surface area contributed by atoms with Crippen LogP contribution in [0.3, 0.4) is 0 Å². The highest BCUT2D eigenvalue weighted by molar-refractivity contribution is 6.13. The number of anilines is 1. The molecule has 1 aromatic rings. The van der Waals surface area contributed by atoms with Gasteiger partial charge in [0.2, 0.25) is 11.8 Å². The lowest BCUT2D eigenvalue weighted by atomic mass is 9.63. The fourth-order valence-electron chi connectivity index (χ4n) is 5.22. The highest BCUT2D eigenvalue weighted by Gasteiger charge is 2.69. The molecule has 3 amide bonds. The second kappa shape index (κ2) is 5.25. The van der Waals surface area contributed by atoms with Crippen molar-refractivity contribution in [2.24, 2.45) is 11.8 Å². The largest absolute Gasteiger partial charge is 0.375 e. The predicted molar refractivity (Wildman–Crippen MR) is 95.7 cm³/mol. The summed E-state index contributed by atoms with van der Waals surface area (Å²) in [6.07, 6.45) is 0.0962. The van der Waals surface area contributed by atoms with Gasteiger partial charge in [0.15, 0.2) is 5.60 Å². The van der Waals surface area contributed by atoms with Crippen LogP contribution in [-0.4, -0.2) is 46.1 Å². The summed E-state index contributed by atoms with van der Waals surface area (Å²) in [5, 5.41) is 11.6. The maximum atomic E-state index is 13.3. The van der Waals surface area contributed by atoms with Crippen LogP contribution in [0.15, 0.2) is 18.2 Å². The van der Waals surface area contributed by atoms with Gasteiger partial charge in [-0.1, -0.05) is 12.1 Å². The topological polar surface area (TPSA) is 95.0 Å². The van der Waals surface area contributed by atoms with Crippen molar-refractivity contribution in [1.29, 1.82) is 0 Å². The van der Waals surface area contributed by atoms with Crippen LogP contribution in [0.4, 0.5) is 5.69 Å². The zero-order chi connectivity index (χ0) is 19.9. The third-order valence-corrected chi connectivity index (χ3v) is 6.41. The molecule has 1 N–H and O–H groups in total. The fourth-order valence-corrected chi connectivity index (χ4v) is 5.22. The molecule has 0 aromatic heterocycles. The average molecular weight is 370 g/mol. The molecule has 0 unspecified atom stereocenters. The van der Waals surface area contributed by atoms with Crippen LogP contribution < -0.4 is 4.90 Å². The van der Waals surface area contributed by atoms with E-state index in [-0.39, 0.29) is 12.2 Å². The predicted octanol–water partition coefficient (Wildman–Crippen LogP) is 0.766. The van der Waals surface area contributed by atoms with E-state index in [1.54, 1.807) is 27.0 Å². The SMILES string of the molecule is CC(=O)CC(=O)N1C(=O)[C@@H]2[C@@H](Cc3cccc4c3[C@@]2(O)C(=O)N4C)C1(C)C. The number of aliphatic hydroxyl groups is 1. The molecule has 2 aliphatic heterocycles. The van der Waals surface area contributed by atoms with Crippen LogP contribution in [0.1, 0.15) is 38.3 Å². The molecule has 0 bridgehead atoms. The van der Waals surface area contributed by atoms with Crippen LogP contribution >= 0.6 is 0 Å². The zero-order valence-corrected chi connectivity index (χ0v) is 15.8. The Bertz CT molecular complexity index is 921. The zero-order valence-electron chi connectivity index (χ0n) is 15.8. The first-order valence-corrected chi connectivity index (χ1v) is 9.02. The van der Waals surface area contributed by atoms with Gasteiger partial charge in [0.25, 0.3) is 5.91 Å². The third kappa shape index (κ3) is 2.00. The van der Waals surface area contributed by atoms with E-state index in [9.17, 15) is 24.3 Å². The molecular weight excluding hydrogens is 348 g/mol. The van der Waals surface area contributed by atoms with Crippen molar-refractivity contribution in [3.63, 3.8) is 0 Å². The average Bonchev–Trinajstić information content (AvgIpc) is 2.89. The Morgan fingerprint density at radius 1 is 1.26 bits per heavy atom. The number of carbonyl (C=O) groups excluding carboxylic acids is 4. The van der Waals surface area contributed by atoms with Gasteiger partial charge in [0.05, 0.1) is 18.0 Å². The number of benzene rings is 1. The molecule has 1 aromatic carbocycles. The minimum atomic E-state index is -1.98. The van der Waals surface area contributed by atoms with E-state index in [0.717, 1.165) is 10.5 Å². The van der Waals surface area contributed by atoms with Crippen LogP contribution in [0.2, 0.25) is 0 Å². The Balaban J connectivity index is 1.90. The monoisotopic (exact) mass is 370 g/mol. The molecule has 0 saturated carbocycles. The van der Waals surface area contributed by atoms with Gasteiger partial charge in [-0.3, -0.25) is 24.1 Å². The van der Waals surface area contributed by atoms with Crippen molar-refractivity contribution in [3.05, 3.63) is 29.3 Å². The van der Waals surface area contributed by atoms with E-state index in [0.29, 0.717) is 17.7 Å². The lowest BCUT2D eigenvalue weighted by Crippen LogP contribution is -2.52. The van der Waals surface area contributed by atoms with E-state index >= 15 is 0 Å². The number of hydrogen-bond acceptors (Lipinski definition) is 5. The van der Waals surface area contributed by atoms with E-state index in [1.165, 1.54) is 11.8 Å². The summed E-state index contributed by atoms with van der Waals surface area (Å²) in [7, 11) is 1.58. The molecular formula is C20H22N2O5. The van der Waals surface area contributed by atoms with Gasteiger partial charge >= 0.3 is 0 Å². The lowest BCUT2D eigenvalue weighted by Gasteiger charge is -2.40. The van der Waals surface area contributed by atoms with E-state index in [4.69, 9.17) is 0 Å². The summed E-state index contributed by atoms with van der Waals surface area (Å²) in [6, 6.07) is 5.43. The van der Waals surface area contributed by atoms with Gasteiger partial charge in [-0.2, -0.15) is 0 Å². The Morgan fingerprint density at radius 2 is 1.93 bits per heavy atom. The summed E-state index contributed by atoms with van der Waals surface area (Å²) in [4.78, 5) is 52.9. The highest BCUT2D eigenvalue weighted by atomic mass is 16.3. The minimum absolute atomic E-state index is 0.334. The number of hydrogen-bond donors (Lipinski definition) is 1. The second-order valence-electron chi connectivity index (χ2n) is 8.33. The molecule has 1 saturated heterocycles. The number of amides is 3. The molecule has 1 fully saturated rings. The number of Topliss-reactive ketones (excluding diaryl/α,β-unsaturated/α-hetero) is 1. The molecule has 7 nitrogen and oxygen atoms in total. The minimum Gasteiger partial charge on any atom is -0.375 e. The number of likely N-dealkylation sites (tertiary alicyclic amines) is 1. The number of ketones is 1. The summed E-state index contributed by atoms with van der Waals surface area (Å²) >= 11 is 0. The highest BCUT2D eigenvalue weighted by Crippen LogP contribution is 2.58. The molecule has 3 atom stereocenters. The maximum Gasteiger partial charge on any atom is 0.264 e. The molecule has 0 radical (unpaired) electrons. The molecule has 0 spiro atoms. The first kappa shape index (κ1) is 17.9. The third-order valence-electron chi connectivity index (χ3n) is 6.41. The van der Waals surface area contributed by atoms with Crippen LogP contribution in [0.5, 0.6) is 0 Å². The van der Waals surface area contributed by atoms with Gasteiger partial charge in [0.1, 0.15) is 5.78 Å². The first-order valence-electron chi connectivity index (χ1n) is 9.02. The normalized spacial score (nSPS) is 30.4. The van der Waals surface area contributed by atoms with E-state index in [1.807, 2.05) is 12.1 Å². The summed E-state index contributed by atoms with van der Waals surface area (Å²) in [5.74, 6) is -3.52. The maximum absolute atomic E-state index is 13.3. The molecule has 142 valence electrons. The fraction of sp³-hybridized carbons (Fsp3) is 0.500. The summed E-state index contributed by atoms with van der Waals surface area (Å²) in [5.41, 5.74) is -1.01. The molecule has 27 heavy (non-hydrogen) atoms. The number of carbonyl (C=O) groups is 4. The van der Waals surface area contributed by atoms with Gasteiger partial charge in [-0.15, -0.1) is 0 Å². The smallest absolute Gasteiger partial charge is 0.264 e. The molecule has 1 aliphatic carbocycles. The number of nitrogens with zero attached hydrogens (tertiary/aromatic N) is 2. The van der Waals surface area contributed by atoms with Gasteiger partial charge < -0.3 is 10.0 Å². The van der Waals surface area contributed by atoms with Crippen LogP contribution in [-0.2, 0) is 31.2 Å². The number of rotatable bonds is 2. The van der Waals surface area contributed by atoms with E-state index in [2.05, 4.69) is 0 Å². The Labute approximate surface area is 156 Å². The molecule has 2 heterocycles. The molecule has 4 rings (SSSR count). The molecule has 3 aliphatic rings. The van der Waals surface area contributed by atoms with E-state index < -0.39 is 40.7 Å². The van der Waals surface area contributed by atoms with Crippen molar-refractivity contribution in [2.45, 2.75) is 44.8 Å². The van der Waals surface area contributed by atoms with Crippen molar-refractivity contribution in [3.8, 4) is 0 Å². The van der Waals surface area contributed by atoms with Crippen LogP contribution in [0.25, 0.3) is 0 Å². The number of fused-ring (bicyclic) bond motifs is 2. The molecule has 7 heteroatoms. The van der Waals surface area contributed by atoms with Gasteiger partial charge in [0, 0.05) is 24.1 Å². The lowest BCUT2D eigenvalue weighted by molar-refractivity contribution is -0.157. The quantitative estimate of drug-likeness (QED) is 0.776. The number of imide groups is 1. The van der Waals surface area contributed by atoms with Crippen molar-refractivity contribution < 1.29 is 24.3 Å². The Kier molecular flexibility index (Phi) is 3.47. The van der Waals surface area contributed by atoms with Gasteiger partial charge in [-0.25, -0.2) is 0 Å². The Morgan fingerprint density at radius 3 is 2.56 bits per heavy atom. The first-order chi connectivity index (χ1) is 12.5. The summed E-state index contributed by atoms with van der Waals surface area (Å²) < 4.78 is 0. The number of likely N-dealkylation sites (N-methyl/N-ethyl adjacent to an activating group) is 1. The summed E-state index contributed by atoms with van der Waals surface area (Å²) in [6.45, 7) is 4.81. The van der Waals surface area contributed by atoms with Crippen LogP contribution in [0, 0.1) is 11.8 Å². The Hall–Kier alpha value is -2.54. The van der Waals surface area contributed by atoms with Gasteiger partial charge in [-0.05, 0) is 38.8 Å². The van der Waals surface area contributed by atoms with Crippen molar-refractivity contribution >= 4 is 29.2 Å². The second-order valence-corrected chi connectivity index (χ2v) is 8.33.